The number of carbonyl (C=O) groups excluding carboxylic acids is 1. The van der Waals surface area contributed by atoms with E-state index in [0.29, 0.717) is 5.01 Å². The summed E-state index contributed by atoms with van der Waals surface area (Å²) in [5, 5.41) is 4.35. The van der Waals surface area contributed by atoms with Gasteiger partial charge in [0.05, 0.1) is 23.2 Å². The summed E-state index contributed by atoms with van der Waals surface area (Å²) in [6.07, 6.45) is -4.56. The first-order chi connectivity index (χ1) is 11.8. The van der Waals surface area contributed by atoms with E-state index in [-0.39, 0.29) is 23.4 Å². The lowest BCUT2D eigenvalue weighted by molar-refractivity contribution is -0.136. The molecular weight excluding hydrogens is 342 g/mol. The Morgan fingerprint density at radius 3 is 2.60 bits per heavy atom. The van der Waals surface area contributed by atoms with E-state index in [4.69, 9.17) is 10.5 Å². The molecule has 0 spiro atoms. The highest BCUT2D eigenvalue weighted by Crippen LogP contribution is 2.44. The molecule has 5 nitrogen and oxygen atoms in total. The van der Waals surface area contributed by atoms with Gasteiger partial charge in [-0.3, -0.25) is 0 Å². The number of cyclic esters (lactones) is 1. The van der Waals surface area contributed by atoms with Crippen LogP contribution < -0.4 is 10.7 Å². The van der Waals surface area contributed by atoms with Crippen molar-refractivity contribution < 1.29 is 27.1 Å². The van der Waals surface area contributed by atoms with Gasteiger partial charge in [-0.15, -0.1) is 0 Å². The second-order valence-corrected chi connectivity index (χ2v) is 5.12. The van der Waals surface area contributed by atoms with Crippen LogP contribution in [0, 0.1) is 5.82 Å². The van der Waals surface area contributed by atoms with E-state index in [1.54, 1.807) is 0 Å². The summed E-state index contributed by atoms with van der Waals surface area (Å²) in [5.41, 5.74) is 3.26. The lowest BCUT2D eigenvalue weighted by atomic mass is 9.96. The molecule has 2 aromatic carbocycles. The first kappa shape index (κ1) is 16.7. The van der Waals surface area contributed by atoms with Crippen molar-refractivity contribution in [2.75, 3.05) is 17.3 Å². The van der Waals surface area contributed by atoms with Gasteiger partial charge in [-0.25, -0.2) is 9.18 Å². The summed E-state index contributed by atoms with van der Waals surface area (Å²) in [7, 11) is 0. The minimum absolute atomic E-state index is 0.00953. The molecule has 1 aliphatic rings. The summed E-state index contributed by atoms with van der Waals surface area (Å²) in [4.78, 5) is 11.7. The number of anilines is 2. The van der Waals surface area contributed by atoms with Gasteiger partial charge in [-0.2, -0.15) is 23.3 Å². The van der Waals surface area contributed by atoms with E-state index < -0.39 is 29.3 Å². The minimum atomic E-state index is -4.83. The van der Waals surface area contributed by atoms with Gasteiger partial charge in [0.15, 0.2) is 0 Å². The minimum Gasteiger partial charge on any atom is -0.442 e. The Morgan fingerprint density at radius 2 is 1.96 bits per heavy atom. The van der Waals surface area contributed by atoms with Gasteiger partial charge >= 0.3 is 12.3 Å². The Labute approximate surface area is 139 Å². The van der Waals surface area contributed by atoms with Gasteiger partial charge in [-0.05, 0) is 29.3 Å². The Bertz CT molecular complexity index is 865. The summed E-state index contributed by atoms with van der Waals surface area (Å²) >= 11 is 0. The van der Waals surface area contributed by atoms with E-state index in [0.717, 1.165) is 18.2 Å². The highest BCUT2D eigenvalue weighted by molar-refractivity contribution is 5.96. The van der Waals surface area contributed by atoms with Crippen molar-refractivity contribution in [1.29, 1.82) is 0 Å². The smallest absolute Gasteiger partial charge is 0.435 e. The lowest BCUT2D eigenvalue weighted by Crippen LogP contribution is -2.32. The van der Waals surface area contributed by atoms with E-state index >= 15 is 0 Å². The maximum absolute atomic E-state index is 13.6. The number of hydrazone groups is 1. The molecule has 0 fully saturated rings. The number of carbonyl (C=O) groups is 1. The summed E-state index contributed by atoms with van der Waals surface area (Å²) in [6, 6.07) is 7.03. The van der Waals surface area contributed by atoms with Gasteiger partial charge in [0.2, 0.25) is 0 Å². The molecule has 0 aromatic heterocycles. The van der Waals surface area contributed by atoms with Crippen LogP contribution >= 0.6 is 0 Å². The molecule has 0 bridgehead atoms. The topological polar surface area (TPSA) is 67.9 Å². The van der Waals surface area contributed by atoms with Gasteiger partial charge in [0, 0.05) is 0 Å². The van der Waals surface area contributed by atoms with Gasteiger partial charge in [0.25, 0.3) is 0 Å². The molecule has 0 radical (unpaired) electrons. The predicted molar refractivity (Wildman–Crippen MR) is 83.6 cm³/mol. The second-order valence-electron chi connectivity index (χ2n) is 5.12. The summed E-state index contributed by atoms with van der Waals surface area (Å²) < 4.78 is 58.9. The third kappa shape index (κ3) is 3.12. The molecule has 0 aliphatic carbocycles. The molecule has 9 heteroatoms. The molecule has 3 rings (SSSR count). The Hall–Kier alpha value is -3.10. The van der Waals surface area contributed by atoms with Crippen molar-refractivity contribution in [3.8, 4) is 11.1 Å². The fourth-order valence-corrected chi connectivity index (χ4v) is 2.49. The fourth-order valence-electron chi connectivity index (χ4n) is 2.49. The Morgan fingerprint density at radius 1 is 1.20 bits per heavy atom. The third-order valence-electron chi connectivity index (χ3n) is 3.52. The van der Waals surface area contributed by atoms with Crippen molar-refractivity contribution >= 4 is 23.7 Å². The van der Waals surface area contributed by atoms with Crippen molar-refractivity contribution in [2.24, 2.45) is 5.10 Å². The number of ether oxygens (including phenoxy) is 1. The molecule has 130 valence electrons. The number of nitrogens with zero attached hydrogens (tertiary/aromatic N) is 2. The first-order valence-electron chi connectivity index (χ1n) is 7.04. The molecule has 0 saturated carbocycles. The van der Waals surface area contributed by atoms with E-state index in [2.05, 4.69) is 5.10 Å². The zero-order valence-corrected chi connectivity index (χ0v) is 12.5. The van der Waals surface area contributed by atoms with E-state index in [1.165, 1.54) is 24.4 Å². The van der Waals surface area contributed by atoms with Crippen LogP contribution in [0.15, 0.2) is 41.5 Å². The molecular formula is C16H11F4N3O2. The fraction of sp³-hybridized carbons (Fsp3) is 0.125. The molecule has 0 unspecified atom stereocenters. The number of nitrogen functional groups attached to an aromatic ring is 1. The van der Waals surface area contributed by atoms with Gasteiger partial charge < -0.3 is 10.5 Å². The predicted octanol–water partition coefficient (Wildman–Crippen LogP) is 4.04. The van der Waals surface area contributed by atoms with E-state index in [1.807, 2.05) is 0 Å². The molecule has 1 aliphatic heterocycles. The van der Waals surface area contributed by atoms with Crippen LogP contribution in [0.4, 0.5) is 33.7 Å². The number of halogens is 4. The SMILES string of the molecule is Nc1c(N2N=CCOC2=O)ccc(-c2cccc(F)c2)c1C(F)(F)F. The zero-order chi connectivity index (χ0) is 18.2. The maximum atomic E-state index is 13.6. The molecule has 2 aromatic rings. The van der Waals surface area contributed by atoms with Crippen LogP contribution in [-0.4, -0.2) is 18.9 Å². The standard InChI is InChI=1S/C16H11F4N3O2/c17-10-3-1-2-9(8-10)11-4-5-12(14(21)13(11)16(18,19)20)23-15(24)25-7-6-22-23/h1-6,8H,7,21H2. The van der Waals surface area contributed by atoms with Gasteiger partial charge in [0.1, 0.15) is 12.4 Å². The van der Waals surface area contributed by atoms with Crippen LogP contribution in [-0.2, 0) is 10.9 Å². The number of hydrogen-bond acceptors (Lipinski definition) is 4. The lowest BCUT2D eigenvalue weighted by Gasteiger charge is -2.24. The number of nitrogens with two attached hydrogens (primary N) is 1. The van der Waals surface area contributed by atoms with Crippen molar-refractivity contribution in [2.45, 2.75) is 6.18 Å². The summed E-state index contributed by atoms with van der Waals surface area (Å²) in [6.45, 7) is -0.0806. The maximum Gasteiger partial charge on any atom is 0.435 e. The zero-order valence-electron chi connectivity index (χ0n) is 12.5. The quantitative estimate of drug-likeness (QED) is 0.655. The van der Waals surface area contributed by atoms with Crippen molar-refractivity contribution in [1.82, 2.24) is 0 Å². The summed E-state index contributed by atoms with van der Waals surface area (Å²) in [5.74, 6) is -0.683. The number of benzene rings is 2. The molecule has 1 heterocycles. The average Bonchev–Trinajstić information content (AvgIpc) is 2.54. The first-order valence-corrected chi connectivity index (χ1v) is 7.04. The Kier molecular flexibility index (Phi) is 4.07. The van der Waals surface area contributed by atoms with Crippen molar-refractivity contribution in [3.05, 3.63) is 47.8 Å². The molecule has 25 heavy (non-hydrogen) atoms. The normalized spacial score (nSPS) is 14.6. The highest BCUT2D eigenvalue weighted by Gasteiger charge is 2.38. The molecule has 0 atom stereocenters. The van der Waals surface area contributed by atoms with Crippen LogP contribution in [0.1, 0.15) is 5.56 Å². The van der Waals surface area contributed by atoms with Gasteiger partial charge in [-0.1, -0.05) is 18.2 Å². The second kappa shape index (κ2) is 6.08. The third-order valence-corrected chi connectivity index (χ3v) is 3.52. The number of amides is 1. The molecule has 1 amide bonds. The van der Waals surface area contributed by atoms with E-state index in [9.17, 15) is 22.4 Å². The number of hydrogen-bond donors (Lipinski definition) is 1. The Balaban J connectivity index is 2.22. The molecule has 2 N–H and O–H groups in total. The van der Waals surface area contributed by atoms with Crippen molar-refractivity contribution in [3.63, 3.8) is 0 Å². The number of alkyl halides is 3. The molecule has 0 saturated heterocycles. The van der Waals surface area contributed by atoms with Crippen LogP contribution in [0.5, 0.6) is 0 Å². The van der Waals surface area contributed by atoms with Crippen LogP contribution in [0.2, 0.25) is 0 Å². The highest BCUT2D eigenvalue weighted by atomic mass is 19.4. The number of rotatable bonds is 2. The monoisotopic (exact) mass is 353 g/mol. The van der Waals surface area contributed by atoms with Crippen LogP contribution in [0.25, 0.3) is 11.1 Å². The van der Waals surface area contributed by atoms with Crippen LogP contribution in [0.3, 0.4) is 0 Å². The largest absolute Gasteiger partial charge is 0.442 e. The average molecular weight is 353 g/mol.